The van der Waals surface area contributed by atoms with Crippen LogP contribution in [0.25, 0.3) is 0 Å². The molecule has 0 bridgehead atoms. The van der Waals surface area contributed by atoms with E-state index in [-0.39, 0.29) is 5.57 Å². The number of alkyl halides is 3. The van der Waals surface area contributed by atoms with E-state index in [4.69, 9.17) is 4.74 Å². The van der Waals surface area contributed by atoms with E-state index in [0.29, 0.717) is 30.4 Å². The van der Waals surface area contributed by atoms with E-state index in [1.165, 1.54) is 6.07 Å². The third-order valence-corrected chi connectivity index (χ3v) is 3.93. The van der Waals surface area contributed by atoms with Gasteiger partial charge in [0.1, 0.15) is 5.60 Å². The second kappa shape index (κ2) is 5.20. The fourth-order valence-corrected chi connectivity index (χ4v) is 2.70. The number of aryl methyl sites for hydroxylation is 1. The maximum atomic E-state index is 12.7. The van der Waals surface area contributed by atoms with Gasteiger partial charge in [-0.05, 0) is 49.4 Å². The predicted molar refractivity (Wildman–Crippen MR) is 72.6 cm³/mol. The highest BCUT2D eigenvalue weighted by Gasteiger charge is 2.42. The van der Waals surface area contributed by atoms with Gasteiger partial charge in [-0.15, -0.1) is 0 Å². The monoisotopic (exact) mass is 298 g/mol. The van der Waals surface area contributed by atoms with Gasteiger partial charge in [-0.1, -0.05) is 19.6 Å². The fraction of sp³-hybridized carbons (Fsp3) is 0.438. The molecule has 0 saturated heterocycles. The van der Waals surface area contributed by atoms with Crippen LogP contribution < -0.4 is 0 Å². The van der Waals surface area contributed by atoms with Crippen molar-refractivity contribution in [3.63, 3.8) is 0 Å². The molecule has 0 amide bonds. The van der Waals surface area contributed by atoms with Crippen LogP contribution in [0.4, 0.5) is 13.2 Å². The van der Waals surface area contributed by atoms with Crippen molar-refractivity contribution in [2.24, 2.45) is 0 Å². The number of hydrogen-bond donors (Lipinski definition) is 0. The third-order valence-electron chi connectivity index (χ3n) is 3.93. The molecule has 0 spiro atoms. The lowest BCUT2D eigenvalue weighted by atomic mass is 9.92. The van der Waals surface area contributed by atoms with Crippen LogP contribution in [-0.4, -0.2) is 5.97 Å². The predicted octanol–water partition coefficient (Wildman–Crippen LogP) is 4.38. The van der Waals surface area contributed by atoms with Crippen molar-refractivity contribution < 1.29 is 22.7 Å². The summed E-state index contributed by atoms with van der Waals surface area (Å²) in [5.41, 5.74) is 0.0477. The maximum Gasteiger partial charge on any atom is 0.416 e. The van der Waals surface area contributed by atoms with Gasteiger partial charge in [0.2, 0.25) is 0 Å². The van der Waals surface area contributed by atoms with E-state index in [2.05, 4.69) is 6.58 Å². The van der Waals surface area contributed by atoms with Crippen molar-refractivity contribution in [2.45, 2.75) is 44.9 Å². The van der Waals surface area contributed by atoms with Gasteiger partial charge in [-0.25, -0.2) is 4.79 Å². The van der Waals surface area contributed by atoms with Crippen molar-refractivity contribution in [3.8, 4) is 0 Å². The minimum Gasteiger partial charge on any atom is -0.451 e. The third kappa shape index (κ3) is 2.82. The number of benzene rings is 1. The Labute approximate surface area is 121 Å². The molecule has 1 aromatic rings. The quantitative estimate of drug-likeness (QED) is 0.611. The molecule has 1 unspecified atom stereocenters. The van der Waals surface area contributed by atoms with E-state index in [1.807, 2.05) is 6.92 Å². The summed E-state index contributed by atoms with van der Waals surface area (Å²) >= 11 is 0. The molecule has 1 aliphatic carbocycles. The first-order valence-corrected chi connectivity index (χ1v) is 6.79. The van der Waals surface area contributed by atoms with Gasteiger partial charge in [0.25, 0.3) is 0 Å². The van der Waals surface area contributed by atoms with Gasteiger partial charge in [0.15, 0.2) is 0 Å². The Morgan fingerprint density at radius 3 is 2.62 bits per heavy atom. The van der Waals surface area contributed by atoms with Crippen LogP contribution in [0.1, 0.15) is 43.4 Å². The van der Waals surface area contributed by atoms with Crippen LogP contribution in [0.2, 0.25) is 0 Å². The molecule has 114 valence electrons. The highest BCUT2D eigenvalue weighted by Crippen LogP contribution is 2.44. The molecule has 0 saturated carbocycles. The van der Waals surface area contributed by atoms with Crippen LogP contribution in [-0.2, 0) is 27.7 Å². The van der Waals surface area contributed by atoms with E-state index < -0.39 is 23.3 Å². The highest BCUT2D eigenvalue weighted by molar-refractivity contribution is 5.87. The molecule has 5 heteroatoms. The lowest BCUT2D eigenvalue weighted by Crippen LogP contribution is -2.29. The van der Waals surface area contributed by atoms with Gasteiger partial charge in [0, 0.05) is 5.57 Å². The van der Waals surface area contributed by atoms with Crippen molar-refractivity contribution in [1.29, 1.82) is 0 Å². The standard InChI is InChI=1S/C16H17F3O2/c1-4-15(21-14(20)10(2)3)8-7-11-9-12(16(17,18)19)5-6-13(11)15/h5-6,9H,2,4,7-8H2,1,3H3. The lowest BCUT2D eigenvalue weighted by Gasteiger charge is -2.29. The number of hydrogen-bond acceptors (Lipinski definition) is 2. The Morgan fingerprint density at radius 1 is 1.43 bits per heavy atom. The summed E-state index contributed by atoms with van der Waals surface area (Å²) in [5.74, 6) is -0.510. The molecule has 1 aliphatic rings. The summed E-state index contributed by atoms with van der Waals surface area (Å²) in [6.45, 7) is 6.95. The molecule has 2 rings (SSSR count). The lowest BCUT2D eigenvalue weighted by molar-refractivity contribution is -0.156. The number of ether oxygens (including phenoxy) is 1. The molecule has 2 nitrogen and oxygen atoms in total. The van der Waals surface area contributed by atoms with Gasteiger partial charge >= 0.3 is 12.1 Å². The number of carbonyl (C=O) groups is 1. The summed E-state index contributed by atoms with van der Waals surface area (Å²) in [7, 11) is 0. The van der Waals surface area contributed by atoms with Gasteiger partial charge < -0.3 is 4.74 Å². The smallest absolute Gasteiger partial charge is 0.416 e. The van der Waals surface area contributed by atoms with E-state index in [1.54, 1.807) is 6.92 Å². The highest BCUT2D eigenvalue weighted by atomic mass is 19.4. The zero-order valence-corrected chi connectivity index (χ0v) is 12.0. The minimum absolute atomic E-state index is 0.281. The average Bonchev–Trinajstić information content (AvgIpc) is 2.76. The number of esters is 1. The zero-order chi connectivity index (χ0) is 15.8. The number of rotatable bonds is 3. The molecule has 0 heterocycles. The maximum absolute atomic E-state index is 12.7. The molecule has 21 heavy (non-hydrogen) atoms. The van der Waals surface area contributed by atoms with Crippen LogP contribution in [0.5, 0.6) is 0 Å². The molecule has 0 aliphatic heterocycles. The van der Waals surface area contributed by atoms with Gasteiger partial charge in [-0.3, -0.25) is 0 Å². The molecule has 1 aromatic carbocycles. The van der Waals surface area contributed by atoms with Crippen LogP contribution >= 0.6 is 0 Å². The molecule has 0 radical (unpaired) electrons. The minimum atomic E-state index is -4.36. The molecular formula is C16H17F3O2. The van der Waals surface area contributed by atoms with Gasteiger partial charge in [0.05, 0.1) is 5.56 Å². The second-order valence-corrected chi connectivity index (χ2v) is 5.39. The summed E-state index contributed by atoms with van der Waals surface area (Å²) in [6, 6.07) is 3.63. The molecule has 0 aromatic heterocycles. The Balaban J connectivity index is 2.40. The summed E-state index contributed by atoms with van der Waals surface area (Å²) < 4.78 is 43.8. The molecule has 0 N–H and O–H groups in total. The first kappa shape index (κ1) is 15.6. The topological polar surface area (TPSA) is 26.3 Å². The number of fused-ring (bicyclic) bond motifs is 1. The summed E-state index contributed by atoms with van der Waals surface area (Å²) in [5, 5.41) is 0. The Bertz CT molecular complexity index is 590. The SMILES string of the molecule is C=C(C)C(=O)OC1(CC)CCc2cc(C(F)(F)F)ccc21. The van der Waals surface area contributed by atoms with Crippen LogP contribution in [0.3, 0.4) is 0 Å². The molecule has 0 fully saturated rings. The van der Waals surface area contributed by atoms with Gasteiger partial charge in [-0.2, -0.15) is 13.2 Å². The van der Waals surface area contributed by atoms with Crippen molar-refractivity contribution in [1.82, 2.24) is 0 Å². The Morgan fingerprint density at radius 2 is 2.10 bits per heavy atom. The van der Waals surface area contributed by atoms with Crippen molar-refractivity contribution in [3.05, 3.63) is 47.0 Å². The van der Waals surface area contributed by atoms with Crippen molar-refractivity contribution in [2.75, 3.05) is 0 Å². The average molecular weight is 298 g/mol. The first-order valence-electron chi connectivity index (χ1n) is 6.79. The Kier molecular flexibility index (Phi) is 3.87. The summed E-state index contributed by atoms with van der Waals surface area (Å²) in [6.07, 6.45) is -2.87. The second-order valence-electron chi connectivity index (χ2n) is 5.39. The zero-order valence-electron chi connectivity index (χ0n) is 12.0. The number of halogens is 3. The molecular weight excluding hydrogens is 281 g/mol. The summed E-state index contributed by atoms with van der Waals surface area (Å²) in [4.78, 5) is 11.8. The normalized spacial score (nSPS) is 21.0. The molecule has 1 atom stereocenters. The largest absolute Gasteiger partial charge is 0.451 e. The van der Waals surface area contributed by atoms with E-state index >= 15 is 0 Å². The number of carbonyl (C=O) groups excluding carboxylic acids is 1. The van der Waals surface area contributed by atoms with Crippen molar-refractivity contribution >= 4 is 5.97 Å². The van der Waals surface area contributed by atoms with Crippen LogP contribution in [0.15, 0.2) is 30.4 Å². The van der Waals surface area contributed by atoms with E-state index in [0.717, 1.165) is 12.1 Å². The Hall–Kier alpha value is -1.78. The van der Waals surface area contributed by atoms with E-state index in [9.17, 15) is 18.0 Å². The first-order chi connectivity index (χ1) is 9.69. The fourth-order valence-electron chi connectivity index (χ4n) is 2.70. The van der Waals surface area contributed by atoms with Crippen LogP contribution in [0, 0.1) is 0 Å².